The first-order chi connectivity index (χ1) is 9.83. The van der Waals surface area contributed by atoms with Gasteiger partial charge in [-0.2, -0.15) is 4.98 Å². The van der Waals surface area contributed by atoms with Gasteiger partial charge in [0.25, 0.3) is 5.89 Å². The molecule has 3 heterocycles. The molecule has 2 N–H and O–H groups in total. The fourth-order valence-corrected chi connectivity index (χ4v) is 3.74. The first-order valence-corrected chi connectivity index (χ1v) is 7.30. The van der Waals surface area contributed by atoms with Crippen LogP contribution >= 0.6 is 11.3 Å². The van der Waals surface area contributed by atoms with E-state index >= 15 is 0 Å². The Labute approximate surface area is 119 Å². The number of rotatable bonds is 2. The van der Waals surface area contributed by atoms with Crippen molar-refractivity contribution in [2.45, 2.75) is 19.3 Å². The molecule has 6 heteroatoms. The van der Waals surface area contributed by atoms with Crippen molar-refractivity contribution in [3.8, 4) is 23.0 Å². The summed E-state index contributed by atoms with van der Waals surface area (Å²) in [7, 11) is 0. The van der Waals surface area contributed by atoms with Crippen molar-refractivity contribution < 1.29 is 4.52 Å². The van der Waals surface area contributed by atoms with E-state index in [1.165, 1.54) is 16.9 Å². The summed E-state index contributed by atoms with van der Waals surface area (Å²) in [5, 5.41) is 4.78. The zero-order chi connectivity index (χ0) is 13.5. The van der Waals surface area contributed by atoms with Gasteiger partial charge in [-0.3, -0.25) is 4.98 Å². The van der Waals surface area contributed by atoms with Crippen molar-refractivity contribution >= 4 is 16.3 Å². The molecule has 3 aromatic heterocycles. The van der Waals surface area contributed by atoms with Crippen LogP contribution in [0.15, 0.2) is 28.9 Å². The lowest BCUT2D eigenvalue weighted by Gasteiger charge is -1.96. The molecule has 4 rings (SSSR count). The molecule has 0 amide bonds. The average Bonchev–Trinajstić information content (AvgIpc) is 3.15. The number of aryl methyl sites for hydroxylation is 1. The van der Waals surface area contributed by atoms with Gasteiger partial charge in [-0.15, -0.1) is 11.3 Å². The smallest absolute Gasteiger partial charge is 0.261 e. The first-order valence-electron chi connectivity index (χ1n) is 6.48. The van der Waals surface area contributed by atoms with Gasteiger partial charge in [0, 0.05) is 11.1 Å². The fraction of sp³-hybridized carbons (Fsp3) is 0.214. The summed E-state index contributed by atoms with van der Waals surface area (Å²) in [4.78, 5) is 10.0. The Balaban J connectivity index is 1.80. The molecule has 0 radical (unpaired) electrons. The minimum atomic E-state index is 0.498. The number of pyridine rings is 1. The van der Waals surface area contributed by atoms with Crippen molar-refractivity contribution in [2.75, 3.05) is 5.73 Å². The lowest BCUT2D eigenvalue weighted by atomic mass is 10.1. The first kappa shape index (κ1) is 11.6. The second-order valence-electron chi connectivity index (χ2n) is 4.73. The Bertz CT molecular complexity index is 763. The Hall–Kier alpha value is -2.21. The minimum Gasteiger partial charge on any atom is -0.390 e. The largest absolute Gasteiger partial charge is 0.390 e. The van der Waals surface area contributed by atoms with Crippen molar-refractivity contribution in [3.05, 3.63) is 34.8 Å². The maximum absolute atomic E-state index is 6.11. The van der Waals surface area contributed by atoms with Crippen LogP contribution in [-0.2, 0) is 12.8 Å². The number of hydrogen-bond acceptors (Lipinski definition) is 6. The molecular formula is C14H12N4OS. The third kappa shape index (κ3) is 1.72. The maximum Gasteiger partial charge on any atom is 0.261 e. The zero-order valence-electron chi connectivity index (χ0n) is 10.7. The second-order valence-corrected chi connectivity index (χ2v) is 5.87. The maximum atomic E-state index is 6.11. The van der Waals surface area contributed by atoms with Crippen LogP contribution in [0.3, 0.4) is 0 Å². The number of nitrogens with two attached hydrogens (primary N) is 1. The predicted molar refractivity (Wildman–Crippen MR) is 77.3 cm³/mol. The highest BCUT2D eigenvalue weighted by Crippen LogP contribution is 2.42. The molecule has 1 aliphatic rings. The number of aromatic nitrogens is 3. The minimum absolute atomic E-state index is 0.498. The number of thiophene rings is 1. The van der Waals surface area contributed by atoms with Gasteiger partial charge in [-0.1, -0.05) is 11.2 Å². The fourth-order valence-electron chi connectivity index (χ4n) is 2.58. The highest BCUT2D eigenvalue weighted by molar-refractivity contribution is 7.16. The Kier molecular flexibility index (Phi) is 2.56. The van der Waals surface area contributed by atoms with Crippen LogP contribution in [0.5, 0.6) is 0 Å². The molecule has 0 aliphatic heterocycles. The number of anilines is 1. The molecule has 0 spiro atoms. The molecule has 0 aromatic carbocycles. The SMILES string of the molecule is Nc1sc2c(c1-c1nc(-c3ccccn3)no1)CCC2. The Morgan fingerprint density at radius 1 is 1.25 bits per heavy atom. The van der Waals surface area contributed by atoms with E-state index in [1.807, 2.05) is 18.2 Å². The van der Waals surface area contributed by atoms with Crippen LogP contribution in [0.4, 0.5) is 5.00 Å². The quantitative estimate of drug-likeness (QED) is 0.782. The molecule has 0 saturated heterocycles. The van der Waals surface area contributed by atoms with E-state index in [0.29, 0.717) is 17.4 Å². The van der Waals surface area contributed by atoms with E-state index in [2.05, 4.69) is 15.1 Å². The Morgan fingerprint density at radius 2 is 2.20 bits per heavy atom. The second kappa shape index (κ2) is 4.42. The van der Waals surface area contributed by atoms with Gasteiger partial charge >= 0.3 is 0 Å². The van der Waals surface area contributed by atoms with Crippen molar-refractivity contribution in [1.82, 2.24) is 15.1 Å². The number of nitrogen functional groups attached to an aromatic ring is 1. The summed E-state index contributed by atoms with van der Waals surface area (Å²) in [6.45, 7) is 0. The van der Waals surface area contributed by atoms with Crippen LogP contribution in [0, 0.1) is 0 Å². The highest BCUT2D eigenvalue weighted by Gasteiger charge is 2.25. The predicted octanol–water partition coefficient (Wildman–Crippen LogP) is 2.93. The number of fused-ring (bicyclic) bond motifs is 1. The molecule has 0 bridgehead atoms. The summed E-state index contributed by atoms with van der Waals surface area (Å²) in [6, 6.07) is 5.61. The molecule has 100 valence electrons. The molecule has 0 atom stereocenters. The van der Waals surface area contributed by atoms with E-state index in [4.69, 9.17) is 10.3 Å². The molecule has 1 aliphatic carbocycles. The normalized spacial score (nSPS) is 13.6. The van der Waals surface area contributed by atoms with Crippen molar-refractivity contribution in [2.24, 2.45) is 0 Å². The number of nitrogens with zero attached hydrogens (tertiary/aromatic N) is 3. The molecule has 20 heavy (non-hydrogen) atoms. The van der Waals surface area contributed by atoms with Crippen molar-refractivity contribution in [1.29, 1.82) is 0 Å². The third-order valence-corrected chi connectivity index (χ3v) is 4.60. The highest BCUT2D eigenvalue weighted by atomic mass is 32.1. The zero-order valence-corrected chi connectivity index (χ0v) is 11.5. The van der Waals surface area contributed by atoms with E-state index < -0.39 is 0 Å². The van der Waals surface area contributed by atoms with E-state index in [1.54, 1.807) is 17.5 Å². The van der Waals surface area contributed by atoms with Gasteiger partial charge in [0.1, 0.15) is 5.69 Å². The lowest BCUT2D eigenvalue weighted by Crippen LogP contribution is -1.89. The molecular weight excluding hydrogens is 272 g/mol. The lowest BCUT2D eigenvalue weighted by molar-refractivity contribution is 0.432. The number of hydrogen-bond donors (Lipinski definition) is 1. The van der Waals surface area contributed by atoms with E-state index in [-0.39, 0.29) is 0 Å². The standard InChI is InChI=1S/C14H12N4OS/c15-12-11(8-4-3-6-10(8)20-12)14-17-13(18-19-14)9-5-1-2-7-16-9/h1-2,5,7H,3-4,6,15H2. The van der Waals surface area contributed by atoms with Crippen LogP contribution in [0.2, 0.25) is 0 Å². The monoisotopic (exact) mass is 284 g/mol. The summed E-state index contributed by atoms with van der Waals surface area (Å²) >= 11 is 1.64. The summed E-state index contributed by atoms with van der Waals surface area (Å²) in [5.74, 6) is 1.00. The summed E-state index contributed by atoms with van der Waals surface area (Å²) < 4.78 is 5.40. The molecule has 0 saturated carbocycles. The molecule has 5 nitrogen and oxygen atoms in total. The van der Waals surface area contributed by atoms with Crippen molar-refractivity contribution in [3.63, 3.8) is 0 Å². The summed E-state index contributed by atoms with van der Waals surface area (Å²) in [5.41, 5.74) is 9.02. The topological polar surface area (TPSA) is 77.8 Å². The van der Waals surface area contributed by atoms with Crippen LogP contribution < -0.4 is 5.73 Å². The average molecular weight is 284 g/mol. The van der Waals surface area contributed by atoms with Crippen LogP contribution in [0.25, 0.3) is 23.0 Å². The van der Waals surface area contributed by atoms with E-state index in [9.17, 15) is 0 Å². The van der Waals surface area contributed by atoms with Crippen LogP contribution in [0.1, 0.15) is 16.9 Å². The Morgan fingerprint density at radius 3 is 3.05 bits per heavy atom. The van der Waals surface area contributed by atoms with Gasteiger partial charge in [-0.25, -0.2) is 0 Å². The van der Waals surface area contributed by atoms with Gasteiger partial charge in [-0.05, 0) is 37.0 Å². The van der Waals surface area contributed by atoms with Gasteiger partial charge in [0.05, 0.1) is 10.6 Å². The third-order valence-electron chi connectivity index (χ3n) is 3.48. The van der Waals surface area contributed by atoms with Crippen LogP contribution in [-0.4, -0.2) is 15.1 Å². The van der Waals surface area contributed by atoms with E-state index in [0.717, 1.165) is 23.4 Å². The molecule has 0 unspecified atom stereocenters. The van der Waals surface area contributed by atoms with Gasteiger partial charge in [0.15, 0.2) is 0 Å². The molecule has 0 fully saturated rings. The van der Waals surface area contributed by atoms with Gasteiger partial charge < -0.3 is 10.3 Å². The molecule has 3 aromatic rings. The van der Waals surface area contributed by atoms with Gasteiger partial charge in [0.2, 0.25) is 5.82 Å². The summed E-state index contributed by atoms with van der Waals surface area (Å²) in [6.07, 6.45) is 5.03.